The minimum atomic E-state index is -0.697. The molecule has 0 radical (unpaired) electrons. The Labute approximate surface area is 245 Å². The average molecular weight is 585 g/mol. The van der Waals surface area contributed by atoms with Gasteiger partial charge in [-0.1, -0.05) is 6.07 Å². The topological polar surface area (TPSA) is 105 Å². The predicted octanol–water partition coefficient (Wildman–Crippen LogP) is 4.06. The lowest BCUT2D eigenvalue weighted by Gasteiger charge is -2.43. The van der Waals surface area contributed by atoms with E-state index >= 15 is 0 Å². The number of carbonyl (C=O) groups is 3. The monoisotopic (exact) mass is 584 g/mol. The Morgan fingerprint density at radius 2 is 1.80 bits per heavy atom. The number of hydrogen-bond donors (Lipinski definition) is 2. The summed E-state index contributed by atoms with van der Waals surface area (Å²) >= 11 is 1.36. The summed E-state index contributed by atoms with van der Waals surface area (Å²) in [6, 6.07) is 8.23. The smallest absolute Gasteiger partial charge is 0.264 e. The minimum absolute atomic E-state index is 0.0823. The van der Waals surface area contributed by atoms with Crippen molar-refractivity contribution < 1.29 is 23.5 Å². The molecule has 2 unspecified atom stereocenters. The van der Waals surface area contributed by atoms with Crippen molar-refractivity contribution in [2.24, 2.45) is 17.6 Å². The number of rotatable bonds is 9. The number of thiophene rings is 1. The van der Waals surface area contributed by atoms with Crippen molar-refractivity contribution in [3.05, 3.63) is 58.0 Å². The second-order valence-corrected chi connectivity index (χ2v) is 12.6. The number of nitrogens with one attached hydrogen (secondary N) is 1. The second kappa shape index (κ2) is 13.9. The Morgan fingerprint density at radius 1 is 1.05 bits per heavy atom. The third kappa shape index (κ3) is 7.34. The zero-order valence-corrected chi connectivity index (χ0v) is 24.3. The van der Waals surface area contributed by atoms with E-state index in [1.807, 2.05) is 11.4 Å². The van der Waals surface area contributed by atoms with Crippen LogP contribution in [0.4, 0.5) is 4.39 Å². The Morgan fingerprint density at radius 3 is 2.46 bits per heavy atom. The molecule has 222 valence electrons. The van der Waals surface area contributed by atoms with Gasteiger partial charge in [0.25, 0.3) is 11.8 Å². The van der Waals surface area contributed by atoms with Crippen LogP contribution < -0.4 is 11.1 Å². The number of benzene rings is 1. The zero-order chi connectivity index (χ0) is 28.8. The molecule has 3 heterocycles. The molecule has 5 rings (SSSR count). The van der Waals surface area contributed by atoms with Crippen LogP contribution in [0.3, 0.4) is 0 Å². The largest absolute Gasteiger partial charge is 0.376 e. The number of likely N-dealkylation sites (tertiary alicyclic amines) is 1. The van der Waals surface area contributed by atoms with Gasteiger partial charge >= 0.3 is 0 Å². The molecule has 8 nitrogen and oxygen atoms in total. The molecule has 3 aliphatic rings. The zero-order valence-electron chi connectivity index (χ0n) is 23.5. The molecule has 2 saturated heterocycles. The van der Waals surface area contributed by atoms with Crippen molar-refractivity contribution in [3.63, 3.8) is 0 Å². The summed E-state index contributed by atoms with van der Waals surface area (Å²) in [5.41, 5.74) is 6.25. The Kier molecular flexibility index (Phi) is 10.1. The number of halogens is 1. The highest BCUT2D eigenvalue weighted by atomic mass is 32.1. The van der Waals surface area contributed by atoms with Crippen LogP contribution in [0, 0.1) is 17.7 Å². The van der Waals surface area contributed by atoms with Crippen LogP contribution in [0.25, 0.3) is 0 Å². The lowest BCUT2D eigenvalue weighted by atomic mass is 9.82. The molecule has 1 aromatic heterocycles. The number of ether oxygens (including phenoxy) is 1. The van der Waals surface area contributed by atoms with Gasteiger partial charge in [-0.3, -0.25) is 14.4 Å². The van der Waals surface area contributed by atoms with Crippen molar-refractivity contribution in [1.29, 1.82) is 0 Å². The molecule has 1 saturated carbocycles. The van der Waals surface area contributed by atoms with Gasteiger partial charge in [-0.25, -0.2) is 4.39 Å². The van der Waals surface area contributed by atoms with E-state index in [1.54, 1.807) is 15.9 Å². The third-order valence-corrected chi connectivity index (χ3v) is 9.81. The highest BCUT2D eigenvalue weighted by Gasteiger charge is 2.41. The quantitative estimate of drug-likeness (QED) is 0.463. The number of carbonyl (C=O) groups excluding carboxylic acids is 3. The highest BCUT2D eigenvalue weighted by Crippen LogP contribution is 2.30. The molecule has 41 heavy (non-hydrogen) atoms. The van der Waals surface area contributed by atoms with Gasteiger partial charge in [0.15, 0.2) is 0 Å². The van der Waals surface area contributed by atoms with Gasteiger partial charge in [-0.05, 0) is 105 Å². The van der Waals surface area contributed by atoms with Gasteiger partial charge in [0.05, 0.1) is 11.0 Å². The molecule has 0 bridgehead atoms. The maximum absolute atomic E-state index is 13.8. The summed E-state index contributed by atoms with van der Waals surface area (Å²) in [5, 5.41) is 5.01. The number of piperidine rings is 1. The molecule has 10 heteroatoms. The van der Waals surface area contributed by atoms with Crippen LogP contribution >= 0.6 is 11.3 Å². The normalized spacial score (nSPS) is 26.5. The van der Waals surface area contributed by atoms with E-state index in [0.717, 1.165) is 38.5 Å². The molecule has 3 N–H and O–H groups in total. The first kappa shape index (κ1) is 29.7. The molecule has 3 atom stereocenters. The summed E-state index contributed by atoms with van der Waals surface area (Å²) in [4.78, 5) is 45.1. The van der Waals surface area contributed by atoms with E-state index in [9.17, 15) is 18.8 Å². The predicted molar refractivity (Wildman–Crippen MR) is 156 cm³/mol. The SMILES string of the molecule is NCC1CCC(CNC(=O)[C@H]2CC(N(CC3CCCO3)C(=O)c3ccc(F)cc3)CCN2C(=O)c2cccs2)CC1. The molecule has 2 aromatic rings. The van der Waals surface area contributed by atoms with Crippen molar-refractivity contribution in [1.82, 2.24) is 15.1 Å². The van der Waals surface area contributed by atoms with Crippen LogP contribution in [0.1, 0.15) is 71.4 Å². The van der Waals surface area contributed by atoms with E-state index in [2.05, 4.69) is 5.32 Å². The van der Waals surface area contributed by atoms with Crippen molar-refractivity contribution in [3.8, 4) is 0 Å². The summed E-state index contributed by atoms with van der Waals surface area (Å²) in [6.45, 7) is 2.71. The first-order chi connectivity index (χ1) is 19.9. The van der Waals surface area contributed by atoms with Crippen molar-refractivity contribution >= 4 is 29.1 Å². The molecular weight excluding hydrogens is 543 g/mol. The van der Waals surface area contributed by atoms with Gasteiger partial charge in [-0.2, -0.15) is 0 Å². The Balaban J connectivity index is 1.34. The number of amides is 3. The number of hydrogen-bond acceptors (Lipinski definition) is 6. The van der Waals surface area contributed by atoms with Crippen molar-refractivity contribution in [2.75, 3.05) is 32.8 Å². The third-order valence-electron chi connectivity index (χ3n) is 8.95. The van der Waals surface area contributed by atoms with Crippen LogP contribution in [-0.2, 0) is 9.53 Å². The van der Waals surface area contributed by atoms with Gasteiger partial charge in [0.2, 0.25) is 5.91 Å². The minimum Gasteiger partial charge on any atom is -0.376 e. The molecule has 2 aliphatic heterocycles. The van der Waals surface area contributed by atoms with E-state index in [4.69, 9.17) is 10.5 Å². The molecule has 1 aromatic carbocycles. The van der Waals surface area contributed by atoms with Crippen LogP contribution in [0.15, 0.2) is 41.8 Å². The summed E-state index contributed by atoms with van der Waals surface area (Å²) in [7, 11) is 0. The first-order valence-electron chi connectivity index (χ1n) is 14.9. The van der Waals surface area contributed by atoms with Crippen molar-refractivity contribution in [2.45, 2.75) is 69.6 Å². The summed E-state index contributed by atoms with van der Waals surface area (Å²) in [5.74, 6) is 0.0248. The van der Waals surface area contributed by atoms with Gasteiger partial charge < -0.3 is 25.6 Å². The number of nitrogens with zero attached hydrogens (tertiary/aromatic N) is 2. The molecule has 3 fully saturated rings. The fraction of sp³-hybridized carbons (Fsp3) is 0.581. The van der Waals surface area contributed by atoms with Crippen LogP contribution in [-0.4, -0.2) is 78.5 Å². The Bertz CT molecular complexity index is 1160. The number of nitrogens with two attached hydrogens (primary N) is 1. The highest BCUT2D eigenvalue weighted by molar-refractivity contribution is 7.12. The van der Waals surface area contributed by atoms with Gasteiger partial charge in [0.1, 0.15) is 11.9 Å². The Hall–Kier alpha value is -2.82. The molecule has 0 spiro atoms. The standard InChI is InChI=1S/C31H41FN4O4S/c32-24-11-9-23(10-12-24)30(38)36(20-26-3-1-15-40-26)25-13-14-35(31(39)28-4-2-16-41-28)27(17-25)29(37)34-19-22-7-5-21(18-33)6-8-22/h2,4,9-12,16,21-22,25-27H,1,3,5-8,13-15,17-20,33H2,(H,34,37)/t21?,22?,25?,26?,27-/m1/s1. The maximum Gasteiger partial charge on any atom is 0.264 e. The lowest BCUT2D eigenvalue weighted by molar-refractivity contribution is -0.127. The summed E-state index contributed by atoms with van der Waals surface area (Å²) in [6.07, 6.45) is 6.83. The van der Waals surface area contributed by atoms with E-state index in [-0.39, 0.29) is 29.9 Å². The molecule has 3 amide bonds. The fourth-order valence-corrected chi connectivity index (χ4v) is 7.14. The fourth-order valence-electron chi connectivity index (χ4n) is 6.46. The summed E-state index contributed by atoms with van der Waals surface area (Å²) < 4.78 is 19.5. The van der Waals surface area contributed by atoms with E-state index < -0.39 is 11.9 Å². The lowest BCUT2D eigenvalue weighted by Crippen LogP contribution is -2.59. The van der Waals surface area contributed by atoms with Crippen LogP contribution in [0.2, 0.25) is 0 Å². The first-order valence-corrected chi connectivity index (χ1v) is 15.8. The average Bonchev–Trinajstić information content (AvgIpc) is 3.73. The van der Waals surface area contributed by atoms with E-state index in [1.165, 1.54) is 35.6 Å². The molecular formula is C31H41FN4O4S. The molecule has 1 aliphatic carbocycles. The maximum atomic E-state index is 13.8. The van der Waals surface area contributed by atoms with Crippen LogP contribution in [0.5, 0.6) is 0 Å². The van der Waals surface area contributed by atoms with E-state index in [0.29, 0.717) is 67.9 Å². The second-order valence-electron chi connectivity index (χ2n) is 11.6. The van der Waals surface area contributed by atoms with Gasteiger partial charge in [0, 0.05) is 37.8 Å². The van der Waals surface area contributed by atoms with Gasteiger partial charge in [-0.15, -0.1) is 11.3 Å².